The maximum Gasteiger partial charge on any atom is 0.265 e. The maximum absolute atomic E-state index is 13.1. The van der Waals surface area contributed by atoms with Gasteiger partial charge in [0.1, 0.15) is 5.75 Å². The largest absolute Gasteiger partial charge is 0.497 e. The average Bonchev–Trinajstić information content (AvgIpc) is 3.54. The van der Waals surface area contributed by atoms with Crippen molar-refractivity contribution < 1.29 is 14.3 Å². The van der Waals surface area contributed by atoms with Crippen molar-refractivity contribution in [2.45, 2.75) is 18.8 Å². The van der Waals surface area contributed by atoms with Crippen LogP contribution >= 0.6 is 11.3 Å². The van der Waals surface area contributed by atoms with Crippen LogP contribution in [0, 0.1) is 0 Å². The summed E-state index contributed by atoms with van der Waals surface area (Å²) in [5.74, 6) is 1.08. The fourth-order valence-electron chi connectivity index (χ4n) is 4.49. The molecular formula is C26H25N3O3S. The molecule has 0 spiro atoms. The molecule has 0 radical (unpaired) electrons. The molecule has 2 aromatic carbocycles. The molecule has 2 N–H and O–H groups in total. The molecule has 6 nitrogen and oxygen atoms in total. The number of aromatic nitrogens is 1. The molecule has 168 valence electrons. The first-order valence-electron chi connectivity index (χ1n) is 11.0. The highest BCUT2D eigenvalue weighted by Gasteiger charge is 2.26. The van der Waals surface area contributed by atoms with E-state index in [0.29, 0.717) is 35.1 Å². The minimum absolute atomic E-state index is 0.00117. The molecule has 1 saturated heterocycles. The van der Waals surface area contributed by atoms with Crippen molar-refractivity contribution in [1.82, 2.24) is 9.88 Å². The van der Waals surface area contributed by atoms with Crippen LogP contribution in [0.25, 0.3) is 10.9 Å². The predicted octanol–water partition coefficient (Wildman–Crippen LogP) is 5.51. The molecule has 1 aliphatic rings. The smallest absolute Gasteiger partial charge is 0.265 e. The number of likely N-dealkylation sites (tertiary alicyclic amines) is 1. The molecule has 3 heterocycles. The molecule has 2 aromatic heterocycles. The topological polar surface area (TPSA) is 74.4 Å². The molecule has 33 heavy (non-hydrogen) atoms. The molecule has 5 rings (SSSR count). The van der Waals surface area contributed by atoms with E-state index in [2.05, 4.69) is 22.6 Å². The number of carbonyl (C=O) groups is 2. The van der Waals surface area contributed by atoms with Crippen molar-refractivity contribution in [3.63, 3.8) is 0 Å². The lowest BCUT2D eigenvalue weighted by atomic mass is 9.89. The van der Waals surface area contributed by atoms with Gasteiger partial charge in [-0.3, -0.25) is 9.59 Å². The molecule has 1 aliphatic heterocycles. The Morgan fingerprint density at radius 2 is 1.94 bits per heavy atom. The number of anilines is 1. The van der Waals surface area contributed by atoms with Crippen LogP contribution in [0.5, 0.6) is 5.75 Å². The number of ether oxygens (including phenoxy) is 1. The normalized spacial score (nSPS) is 14.4. The lowest BCUT2D eigenvalue weighted by molar-refractivity contribution is 0.0713. The van der Waals surface area contributed by atoms with Crippen molar-refractivity contribution >= 4 is 39.7 Å². The third kappa shape index (κ3) is 4.36. The summed E-state index contributed by atoms with van der Waals surface area (Å²) in [4.78, 5) is 31.4. The quantitative estimate of drug-likeness (QED) is 0.413. The zero-order valence-electron chi connectivity index (χ0n) is 18.3. The summed E-state index contributed by atoms with van der Waals surface area (Å²) in [5, 5.41) is 5.94. The first kappa shape index (κ1) is 21.3. The van der Waals surface area contributed by atoms with Crippen LogP contribution in [0.1, 0.15) is 44.4 Å². The van der Waals surface area contributed by atoms with E-state index in [4.69, 9.17) is 4.74 Å². The highest BCUT2D eigenvalue weighted by Crippen LogP contribution is 2.35. The summed E-state index contributed by atoms with van der Waals surface area (Å²) in [5.41, 5.74) is 3.61. The SMILES string of the molecule is COc1ccc2[nH]cc(C3CCN(C(=O)c4cccc(NC(=O)c5cccs5)c4)CC3)c2c1. The van der Waals surface area contributed by atoms with Crippen molar-refractivity contribution in [2.75, 3.05) is 25.5 Å². The number of thiophene rings is 1. The fraction of sp³-hybridized carbons (Fsp3) is 0.231. The minimum Gasteiger partial charge on any atom is -0.497 e. The number of H-pyrrole nitrogens is 1. The molecule has 0 aliphatic carbocycles. The van der Waals surface area contributed by atoms with Crippen molar-refractivity contribution in [3.8, 4) is 5.75 Å². The molecule has 0 unspecified atom stereocenters. The summed E-state index contributed by atoms with van der Waals surface area (Å²) in [6.45, 7) is 1.40. The Morgan fingerprint density at radius 3 is 2.70 bits per heavy atom. The lowest BCUT2D eigenvalue weighted by Gasteiger charge is -2.32. The number of hydrogen-bond acceptors (Lipinski definition) is 4. The Kier molecular flexibility index (Phi) is 5.88. The number of fused-ring (bicyclic) bond motifs is 1. The van der Waals surface area contributed by atoms with Gasteiger partial charge in [0, 0.05) is 41.4 Å². The first-order valence-corrected chi connectivity index (χ1v) is 11.9. The van der Waals surface area contributed by atoms with Gasteiger partial charge in [0.25, 0.3) is 11.8 Å². The van der Waals surface area contributed by atoms with E-state index in [1.165, 1.54) is 22.3 Å². The van der Waals surface area contributed by atoms with Crippen molar-refractivity contribution in [3.05, 3.63) is 82.2 Å². The van der Waals surface area contributed by atoms with Gasteiger partial charge in [0.05, 0.1) is 12.0 Å². The average molecular weight is 460 g/mol. The number of methoxy groups -OCH3 is 1. The summed E-state index contributed by atoms with van der Waals surface area (Å²) in [6.07, 6.45) is 3.90. The van der Waals surface area contributed by atoms with Crippen LogP contribution in [0.15, 0.2) is 66.2 Å². The van der Waals surface area contributed by atoms with Gasteiger partial charge >= 0.3 is 0 Å². The van der Waals surface area contributed by atoms with Crippen LogP contribution < -0.4 is 10.1 Å². The van der Waals surface area contributed by atoms with Crippen LogP contribution in [-0.4, -0.2) is 41.9 Å². The van der Waals surface area contributed by atoms with Crippen LogP contribution in [0.3, 0.4) is 0 Å². The van der Waals surface area contributed by atoms with Crippen molar-refractivity contribution in [2.24, 2.45) is 0 Å². The van der Waals surface area contributed by atoms with E-state index in [-0.39, 0.29) is 11.8 Å². The molecule has 4 aromatic rings. The monoisotopic (exact) mass is 459 g/mol. The number of carbonyl (C=O) groups excluding carboxylic acids is 2. The number of rotatable bonds is 5. The van der Waals surface area contributed by atoms with Gasteiger partial charge in [-0.1, -0.05) is 12.1 Å². The maximum atomic E-state index is 13.1. The second kappa shape index (κ2) is 9.11. The number of piperidine rings is 1. The molecule has 1 fully saturated rings. The Labute approximate surface area is 196 Å². The Hall–Kier alpha value is -3.58. The van der Waals surface area contributed by atoms with Gasteiger partial charge < -0.3 is 19.9 Å². The van der Waals surface area contributed by atoms with Gasteiger partial charge in [0.15, 0.2) is 0 Å². The lowest BCUT2D eigenvalue weighted by Crippen LogP contribution is -2.37. The Balaban J connectivity index is 1.25. The number of hydrogen-bond donors (Lipinski definition) is 2. The summed E-state index contributed by atoms with van der Waals surface area (Å²) >= 11 is 1.39. The number of aromatic amines is 1. The Morgan fingerprint density at radius 1 is 1.09 bits per heavy atom. The summed E-state index contributed by atoms with van der Waals surface area (Å²) in [6, 6.07) is 16.9. The first-order chi connectivity index (χ1) is 16.1. The van der Waals surface area contributed by atoms with E-state index >= 15 is 0 Å². The minimum atomic E-state index is -0.161. The molecular weight excluding hydrogens is 434 g/mol. The molecule has 0 bridgehead atoms. The standard InChI is InChI=1S/C26H25N3O3S/c1-32-20-7-8-23-21(15-20)22(16-27-23)17-9-11-29(12-10-17)26(31)18-4-2-5-19(14-18)28-25(30)24-6-3-13-33-24/h2-8,13-17,27H,9-12H2,1H3,(H,28,30). The van der Waals surface area contributed by atoms with Crippen LogP contribution in [-0.2, 0) is 0 Å². The van der Waals surface area contributed by atoms with Crippen LogP contribution in [0.4, 0.5) is 5.69 Å². The second-order valence-corrected chi connectivity index (χ2v) is 9.18. The predicted molar refractivity (Wildman–Crippen MR) is 131 cm³/mol. The van der Waals surface area contributed by atoms with E-state index in [1.807, 2.05) is 34.5 Å². The van der Waals surface area contributed by atoms with E-state index in [1.54, 1.807) is 31.4 Å². The van der Waals surface area contributed by atoms with Gasteiger partial charge in [0.2, 0.25) is 0 Å². The van der Waals surface area contributed by atoms with Gasteiger partial charge in [-0.25, -0.2) is 0 Å². The number of nitrogens with one attached hydrogen (secondary N) is 2. The number of nitrogens with zero attached hydrogens (tertiary/aromatic N) is 1. The second-order valence-electron chi connectivity index (χ2n) is 8.23. The third-order valence-corrected chi connectivity index (χ3v) is 7.12. The number of benzene rings is 2. The molecule has 2 amide bonds. The molecule has 0 atom stereocenters. The highest BCUT2D eigenvalue weighted by molar-refractivity contribution is 7.12. The Bertz CT molecular complexity index is 1290. The molecule has 0 saturated carbocycles. The van der Waals surface area contributed by atoms with Gasteiger partial charge in [-0.15, -0.1) is 11.3 Å². The zero-order valence-corrected chi connectivity index (χ0v) is 19.2. The summed E-state index contributed by atoms with van der Waals surface area (Å²) < 4.78 is 5.39. The van der Waals surface area contributed by atoms with Crippen LogP contribution in [0.2, 0.25) is 0 Å². The fourth-order valence-corrected chi connectivity index (χ4v) is 5.11. The number of amides is 2. The van der Waals surface area contributed by atoms with E-state index in [9.17, 15) is 9.59 Å². The summed E-state index contributed by atoms with van der Waals surface area (Å²) in [7, 11) is 1.68. The van der Waals surface area contributed by atoms with Gasteiger partial charge in [-0.2, -0.15) is 0 Å². The zero-order chi connectivity index (χ0) is 22.8. The van der Waals surface area contributed by atoms with E-state index < -0.39 is 0 Å². The van der Waals surface area contributed by atoms with Gasteiger partial charge in [-0.05, 0) is 72.2 Å². The van der Waals surface area contributed by atoms with E-state index in [0.717, 1.165) is 24.1 Å². The molecule has 7 heteroatoms. The van der Waals surface area contributed by atoms with Crippen molar-refractivity contribution in [1.29, 1.82) is 0 Å². The third-order valence-electron chi connectivity index (χ3n) is 6.26. The highest BCUT2D eigenvalue weighted by atomic mass is 32.1.